The van der Waals surface area contributed by atoms with Gasteiger partial charge < -0.3 is 10.6 Å². The Morgan fingerprint density at radius 3 is 2.20 bits per heavy atom. The molecule has 0 saturated heterocycles. The number of nitrogens with zero attached hydrogens (tertiary/aromatic N) is 4. The summed E-state index contributed by atoms with van der Waals surface area (Å²) < 4.78 is 0. The number of aryl methyl sites for hydroxylation is 2. The van der Waals surface area contributed by atoms with Gasteiger partial charge in [-0.1, -0.05) is 26.0 Å². The van der Waals surface area contributed by atoms with Crippen LogP contribution in [-0.2, 0) is 19.4 Å². The average molecular weight is 271 g/mol. The molecule has 0 bridgehead atoms. The molecular weight excluding hydrogens is 250 g/mol. The Bertz CT molecular complexity index is 565. The zero-order chi connectivity index (χ0) is 14.5. The molecule has 0 amide bonds. The molecule has 0 spiro atoms. The lowest BCUT2D eigenvalue weighted by Crippen LogP contribution is -2.16. The number of nitrogens with two attached hydrogens (primary N) is 1. The molecule has 106 valence electrons. The molecule has 2 rings (SSSR count). The van der Waals surface area contributed by atoms with E-state index in [9.17, 15) is 0 Å². The third kappa shape index (κ3) is 2.93. The van der Waals surface area contributed by atoms with Crippen molar-refractivity contribution in [2.45, 2.75) is 33.2 Å². The normalized spacial score (nSPS) is 10.6. The highest BCUT2D eigenvalue weighted by Gasteiger charge is 2.11. The summed E-state index contributed by atoms with van der Waals surface area (Å²) in [5.41, 5.74) is 9.73. The van der Waals surface area contributed by atoms with Crippen molar-refractivity contribution in [3.63, 3.8) is 0 Å². The Labute approximate surface area is 119 Å². The molecule has 5 nitrogen and oxygen atoms in total. The summed E-state index contributed by atoms with van der Waals surface area (Å²) in [4.78, 5) is 6.54. The van der Waals surface area contributed by atoms with Gasteiger partial charge in [-0.25, -0.2) is 4.98 Å². The van der Waals surface area contributed by atoms with Gasteiger partial charge in [-0.2, -0.15) is 0 Å². The van der Waals surface area contributed by atoms with Gasteiger partial charge in [0, 0.05) is 19.3 Å². The standard InChI is InChI=1S/C15H21N5/c1-4-13-14(5-2)18-19-15(17-13)20(3)12-8-6-11(10-16)7-9-12/h6-9H,4-5,10,16H2,1-3H3. The van der Waals surface area contributed by atoms with Crippen molar-refractivity contribution in [2.24, 2.45) is 5.73 Å². The Hall–Kier alpha value is -2.01. The second kappa shape index (κ2) is 6.43. The van der Waals surface area contributed by atoms with E-state index in [1.165, 1.54) is 0 Å². The first-order valence-corrected chi connectivity index (χ1v) is 6.94. The minimum atomic E-state index is 0.549. The fraction of sp³-hybridized carbons (Fsp3) is 0.400. The van der Waals surface area contributed by atoms with E-state index in [-0.39, 0.29) is 0 Å². The second-order valence-corrected chi connectivity index (χ2v) is 4.64. The highest BCUT2D eigenvalue weighted by atomic mass is 15.3. The maximum atomic E-state index is 5.61. The molecule has 0 aliphatic rings. The van der Waals surface area contributed by atoms with Gasteiger partial charge in [0.1, 0.15) is 0 Å². The van der Waals surface area contributed by atoms with E-state index in [0.717, 1.165) is 35.5 Å². The van der Waals surface area contributed by atoms with E-state index in [4.69, 9.17) is 5.73 Å². The fourth-order valence-corrected chi connectivity index (χ4v) is 2.04. The quantitative estimate of drug-likeness (QED) is 0.903. The largest absolute Gasteiger partial charge is 0.326 e. The third-order valence-corrected chi connectivity index (χ3v) is 3.36. The van der Waals surface area contributed by atoms with Crippen LogP contribution in [-0.4, -0.2) is 22.2 Å². The molecule has 0 aliphatic heterocycles. The summed E-state index contributed by atoms with van der Waals surface area (Å²) in [6.45, 7) is 4.70. The van der Waals surface area contributed by atoms with Crippen molar-refractivity contribution in [1.82, 2.24) is 15.2 Å². The molecule has 0 saturated carbocycles. The van der Waals surface area contributed by atoms with Crippen molar-refractivity contribution in [2.75, 3.05) is 11.9 Å². The molecule has 2 aromatic rings. The molecule has 2 N–H and O–H groups in total. The van der Waals surface area contributed by atoms with Crippen LogP contribution in [0.3, 0.4) is 0 Å². The highest BCUT2D eigenvalue weighted by molar-refractivity contribution is 5.56. The molecule has 0 unspecified atom stereocenters. The van der Waals surface area contributed by atoms with Crippen molar-refractivity contribution >= 4 is 11.6 Å². The summed E-state index contributed by atoms with van der Waals surface area (Å²) in [6, 6.07) is 8.07. The maximum Gasteiger partial charge on any atom is 0.249 e. The molecule has 0 aliphatic carbocycles. The third-order valence-electron chi connectivity index (χ3n) is 3.36. The van der Waals surface area contributed by atoms with Crippen molar-refractivity contribution < 1.29 is 0 Å². The number of hydrogen-bond acceptors (Lipinski definition) is 5. The van der Waals surface area contributed by atoms with Gasteiger partial charge >= 0.3 is 0 Å². The van der Waals surface area contributed by atoms with Crippen LogP contribution in [0, 0.1) is 0 Å². The van der Waals surface area contributed by atoms with E-state index in [1.807, 2.05) is 36.2 Å². The lowest BCUT2D eigenvalue weighted by Gasteiger charge is -2.18. The predicted octanol–water partition coefficient (Wildman–Crippen LogP) is 2.22. The SMILES string of the molecule is CCc1nnc(N(C)c2ccc(CN)cc2)nc1CC. The zero-order valence-electron chi connectivity index (χ0n) is 12.3. The van der Waals surface area contributed by atoms with Gasteiger partial charge in [0.25, 0.3) is 0 Å². The van der Waals surface area contributed by atoms with Crippen LogP contribution in [0.25, 0.3) is 0 Å². The lowest BCUT2D eigenvalue weighted by molar-refractivity contribution is 0.810. The summed E-state index contributed by atoms with van der Waals surface area (Å²) in [5, 5.41) is 8.49. The highest BCUT2D eigenvalue weighted by Crippen LogP contribution is 2.20. The van der Waals surface area contributed by atoms with Crippen LogP contribution >= 0.6 is 0 Å². The van der Waals surface area contributed by atoms with E-state index >= 15 is 0 Å². The molecule has 5 heteroatoms. The van der Waals surface area contributed by atoms with Crippen LogP contribution in [0.5, 0.6) is 0 Å². The van der Waals surface area contributed by atoms with E-state index in [2.05, 4.69) is 29.0 Å². The monoisotopic (exact) mass is 271 g/mol. The molecule has 0 fully saturated rings. The van der Waals surface area contributed by atoms with Crippen LogP contribution in [0.2, 0.25) is 0 Å². The molecule has 0 radical (unpaired) electrons. The van der Waals surface area contributed by atoms with Crippen molar-refractivity contribution in [3.8, 4) is 0 Å². The minimum absolute atomic E-state index is 0.549. The van der Waals surface area contributed by atoms with Gasteiger partial charge in [-0.15, -0.1) is 10.2 Å². The smallest absolute Gasteiger partial charge is 0.249 e. The summed E-state index contributed by atoms with van der Waals surface area (Å²) in [5.74, 6) is 0.625. The lowest BCUT2D eigenvalue weighted by atomic mass is 10.2. The van der Waals surface area contributed by atoms with Crippen LogP contribution < -0.4 is 10.6 Å². The summed E-state index contributed by atoms with van der Waals surface area (Å²) in [6.07, 6.45) is 1.73. The minimum Gasteiger partial charge on any atom is -0.326 e. The molecule has 1 aromatic carbocycles. The maximum absolute atomic E-state index is 5.61. The number of benzene rings is 1. The van der Waals surface area contributed by atoms with Crippen LogP contribution in [0.4, 0.5) is 11.6 Å². The molecule has 0 atom stereocenters. The zero-order valence-corrected chi connectivity index (χ0v) is 12.3. The van der Waals surface area contributed by atoms with Crippen LogP contribution in [0.1, 0.15) is 30.8 Å². The van der Waals surface area contributed by atoms with Crippen molar-refractivity contribution in [1.29, 1.82) is 0 Å². The summed E-state index contributed by atoms with van der Waals surface area (Å²) in [7, 11) is 1.94. The first kappa shape index (κ1) is 14.4. The topological polar surface area (TPSA) is 67.9 Å². The van der Waals surface area contributed by atoms with Gasteiger partial charge in [0.05, 0.1) is 11.4 Å². The first-order chi connectivity index (χ1) is 9.69. The number of hydrogen-bond donors (Lipinski definition) is 1. The molecule has 1 aromatic heterocycles. The number of aromatic nitrogens is 3. The molecule has 20 heavy (non-hydrogen) atoms. The Morgan fingerprint density at radius 1 is 1.00 bits per heavy atom. The Balaban J connectivity index is 2.29. The Kier molecular flexibility index (Phi) is 4.63. The number of rotatable bonds is 5. The van der Waals surface area contributed by atoms with E-state index < -0.39 is 0 Å². The number of anilines is 2. The second-order valence-electron chi connectivity index (χ2n) is 4.64. The van der Waals surface area contributed by atoms with Gasteiger partial charge in [-0.05, 0) is 30.5 Å². The Morgan fingerprint density at radius 2 is 1.65 bits per heavy atom. The van der Waals surface area contributed by atoms with Gasteiger partial charge in [0.2, 0.25) is 5.95 Å². The van der Waals surface area contributed by atoms with Crippen molar-refractivity contribution in [3.05, 3.63) is 41.2 Å². The molecule has 1 heterocycles. The predicted molar refractivity (Wildman–Crippen MR) is 81.0 cm³/mol. The summed E-state index contributed by atoms with van der Waals surface area (Å²) >= 11 is 0. The average Bonchev–Trinajstić information content (AvgIpc) is 2.53. The first-order valence-electron chi connectivity index (χ1n) is 6.94. The van der Waals surface area contributed by atoms with Gasteiger partial charge in [-0.3, -0.25) is 0 Å². The van der Waals surface area contributed by atoms with E-state index in [0.29, 0.717) is 12.5 Å². The fourth-order valence-electron chi connectivity index (χ4n) is 2.04. The van der Waals surface area contributed by atoms with E-state index in [1.54, 1.807) is 0 Å². The molecular formula is C15H21N5. The van der Waals surface area contributed by atoms with Crippen LogP contribution in [0.15, 0.2) is 24.3 Å². The van der Waals surface area contributed by atoms with Gasteiger partial charge in [0.15, 0.2) is 0 Å².